The highest BCUT2D eigenvalue weighted by atomic mass is 35.5. The Labute approximate surface area is 98.1 Å². The second-order valence-electron chi connectivity index (χ2n) is 3.24. The molecule has 2 rings (SSSR count). The number of amides is 2. The molecule has 1 aromatic carbocycles. The van der Waals surface area contributed by atoms with Crippen molar-refractivity contribution in [2.45, 2.75) is 4.90 Å². The van der Waals surface area contributed by atoms with Crippen molar-refractivity contribution < 1.29 is 13.2 Å². The average Bonchev–Trinajstić information content (AvgIpc) is 2.65. The van der Waals surface area contributed by atoms with Crippen molar-refractivity contribution in [3.63, 3.8) is 0 Å². The van der Waals surface area contributed by atoms with Gasteiger partial charge in [-0.25, -0.2) is 17.5 Å². The largest absolute Gasteiger partial charge is 0.335 e. The van der Waals surface area contributed by atoms with Crippen LogP contribution in [0, 0.1) is 0 Å². The third-order valence-corrected chi connectivity index (χ3v) is 4.50. The van der Waals surface area contributed by atoms with E-state index in [9.17, 15) is 13.2 Å². The molecule has 0 atom stereocenters. The maximum atomic E-state index is 12.0. The van der Waals surface area contributed by atoms with Gasteiger partial charge in [-0.2, -0.15) is 0 Å². The lowest BCUT2D eigenvalue weighted by molar-refractivity contribution is 0.236. The Morgan fingerprint density at radius 3 is 2.56 bits per heavy atom. The Kier molecular flexibility index (Phi) is 2.77. The molecular weight excluding hydrogens is 252 g/mol. The van der Waals surface area contributed by atoms with Crippen molar-refractivity contribution in [2.24, 2.45) is 0 Å². The zero-order valence-corrected chi connectivity index (χ0v) is 9.75. The molecule has 16 heavy (non-hydrogen) atoms. The van der Waals surface area contributed by atoms with Crippen molar-refractivity contribution in [2.75, 3.05) is 13.1 Å². The van der Waals surface area contributed by atoms with Gasteiger partial charge in [-0.3, -0.25) is 0 Å². The molecule has 1 aromatic rings. The lowest BCUT2D eigenvalue weighted by Gasteiger charge is -2.15. The molecule has 0 aromatic heterocycles. The summed E-state index contributed by atoms with van der Waals surface area (Å²) in [4.78, 5) is 11.3. The van der Waals surface area contributed by atoms with Gasteiger partial charge in [-0.15, -0.1) is 0 Å². The molecular formula is C9H9ClN2O3S. The van der Waals surface area contributed by atoms with Gasteiger partial charge in [-0.05, 0) is 12.1 Å². The fourth-order valence-corrected chi connectivity index (χ4v) is 3.30. The first-order chi connectivity index (χ1) is 7.53. The van der Waals surface area contributed by atoms with Crippen LogP contribution in [0.25, 0.3) is 0 Å². The first-order valence-corrected chi connectivity index (χ1v) is 6.40. The standard InChI is InChI=1S/C9H9ClN2O3S/c10-7-3-1-2-4-8(7)16(14,15)12-6-5-11-9(12)13/h1-4H,5-6H2,(H,11,13). The van der Waals surface area contributed by atoms with E-state index < -0.39 is 16.1 Å². The molecule has 1 fully saturated rings. The van der Waals surface area contributed by atoms with Crippen LogP contribution in [0.15, 0.2) is 29.2 Å². The van der Waals surface area contributed by atoms with E-state index in [1.807, 2.05) is 0 Å². The smallest absolute Gasteiger partial charge is 0.331 e. The van der Waals surface area contributed by atoms with Crippen molar-refractivity contribution in [1.82, 2.24) is 9.62 Å². The molecule has 1 aliphatic heterocycles. The molecule has 2 amide bonds. The van der Waals surface area contributed by atoms with Gasteiger partial charge in [0.05, 0.1) is 11.6 Å². The van der Waals surface area contributed by atoms with Gasteiger partial charge in [0.2, 0.25) is 0 Å². The van der Waals surface area contributed by atoms with Gasteiger partial charge in [0.15, 0.2) is 0 Å². The van der Waals surface area contributed by atoms with Crippen LogP contribution in [0.5, 0.6) is 0 Å². The van der Waals surface area contributed by atoms with Gasteiger partial charge in [0.1, 0.15) is 4.90 Å². The molecule has 1 aliphatic rings. The summed E-state index contributed by atoms with van der Waals surface area (Å²) in [5.74, 6) is 0. The van der Waals surface area contributed by atoms with Crippen LogP contribution >= 0.6 is 11.6 Å². The van der Waals surface area contributed by atoms with Crippen LogP contribution < -0.4 is 5.32 Å². The van der Waals surface area contributed by atoms with E-state index in [1.165, 1.54) is 12.1 Å². The Bertz CT molecular complexity index is 529. The normalized spacial score (nSPS) is 16.3. The number of nitrogens with one attached hydrogen (secondary N) is 1. The molecule has 86 valence electrons. The van der Waals surface area contributed by atoms with Gasteiger partial charge >= 0.3 is 6.03 Å². The number of nitrogens with zero attached hydrogens (tertiary/aromatic N) is 1. The highest BCUT2D eigenvalue weighted by Gasteiger charge is 2.33. The predicted octanol–water partition coefficient (Wildman–Crippen LogP) is 1.05. The molecule has 7 heteroatoms. The van der Waals surface area contributed by atoms with E-state index >= 15 is 0 Å². The number of carbonyl (C=O) groups is 1. The summed E-state index contributed by atoms with van der Waals surface area (Å²) in [7, 11) is -3.83. The SMILES string of the molecule is O=C1NCCN1S(=O)(=O)c1ccccc1Cl. The highest BCUT2D eigenvalue weighted by Crippen LogP contribution is 2.24. The Morgan fingerprint density at radius 1 is 1.31 bits per heavy atom. The van der Waals surface area contributed by atoms with Gasteiger partial charge < -0.3 is 5.32 Å². The molecule has 0 saturated carbocycles. The second kappa shape index (κ2) is 3.95. The van der Waals surface area contributed by atoms with Crippen LogP contribution in [-0.4, -0.2) is 31.8 Å². The van der Waals surface area contributed by atoms with Crippen LogP contribution in [0.2, 0.25) is 5.02 Å². The third kappa shape index (κ3) is 1.74. The van der Waals surface area contributed by atoms with Gasteiger partial charge in [0, 0.05) is 6.54 Å². The molecule has 0 aliphatic carbocycles. The summed E-state index contributed by atoms with van der Waals surface area (Å²) < 4.78 is 24.9. The number of sulfonamides is 1. The minimum absolute atomic E-state index is 0.0475. The van der Waals surface area contributed by atoms with Crippen LogP contribution in [0.3, 0.4) is 0 Å². The first-order valence-electron chi connectivity index (χ1n) is 4.58. The molecule has 1 saturated heterocycles. The molecule has 1 heterocycles. The highest BCUT2D eigenvalue weighted by molar-refractivity contribution is 7.89. The fraction of sp³-hybridized carbons (Fsp3) is 0.222. The number of benzene rings is 1. The van der Waals surface area contributed by atoms with E-state index in [4.69, 9.17) is 11.6 Å². The summed E-state index contributed by atoms with van der Waals surface area (Å²) in [5, 5.41) is 2.54. The summed E-state index contributed by atoms with van der Waals surface area (Å²) in [6.07, 6.45) is 0. The lowest BCUT2D eigenvalue weighted by Crippen LogP contribution is -2.34. The Balaban J connectivity index is 2.47. The summed E-state index contributed by atoms with van der Waals surface area (Å²) in [6, 6.07) is 5.43. The van der Waals surface area contributed by atoms with Crippen LogP contribution in [-0.2, 0) is 10.0 Å². The summed E-state index contributed by atoms with van der Waals surface area (Å²) in [5.41, 5.74) is 0. The van der Waals surface area contributed by atoms with Crippen molar-refractivity contribution in [3.05, 3.63) is 29.3 Å². The number of rotatable bonds is 2. The zero-order valence-electron chi connectivity index (χ0n) is 8.18. The maximum absolute atomic E-state index is 12.0. The molecule has 1 N–H and O–H groups in total. The zero-order chi connectivity index (χ0) is 11.8. The number of halogens is 1. The number of urea groups is 1. The fourth-order valence-electron chi connectivity index (χ4n) is 1.46. The molecule has 0 bridgehead atoms. The summed E-state index contributed by atoms with van der Waals surface area (Å²) >= 11 is 5.80. The van der Waals surface area contributed by atoms with E-state index in [1.54, 1.807) is 12.1 Å². The quantitative estimate of drug-likeness (QED) is 0.864. The lowest BCUT2D eigenvalue weighted by atomic mass is 10.4. The average molecular weight is 261 g/mol. The van der Waals surface area contributed by atoms with Crippen LogP contribution in [0.4, 0.5) is 4.79 Å². The molecule has 0 spiro atoms. The monoisotopic (exact) mass is 260 g/mol. The van der Waals surface area contributed by atoms with Crippen LogP contribution in [0.1, 0.15) is 0 Å². The number of hydrogen-bond donors (Lipinski definition) is 1. The summed E-state index contributed by atoms with van der Waals surface area (Å²) in [6.45, 7) is 0.453. The number of hydrogen-bond acceptors (Lipinski definition) is 3. The van der Waals surface area contributed by atoms with Gasteiger partial charge in [0.25, 0.3) is 10.0 Å². The third-order valence-electron chi connectivity index (χ3n) is 2.22. The predicted molar refractivity (Wildman–Crippen MR) is 58.7 cm³/mol. The van der Waals surface area contributed by atoms with E-state index in [0.29, 0.717) is 6.54 Å². The van der Waals surface area contributed by atoms with Gasteiger partial charge in [-0.1, -0.05) is 23.7 Å². The van der Waals surface area contributed by atoms with Crippen molar-refractivity contribution in [3.8, 4) is 0 Å². The van der Waals surface area contributed by atoms with E-state index in [0.717, 1.165) is 4.31 Å². The second-order valence-corrected chi connectivity index (χ2v) is 5.48. The van der Waals surface area contributed by atoms with Crippen molar-refractivity contribution in [1.29, 1.82) is 0 Å². The van der Waals surface area contributed by atoms with Crippen molar-refractivity contribution >= 4 is 27.7 Å². The first kappa shape index (κ1) is 11.2. The van der Waals surface area contributed by atoms with E-state index in [2.05, 4.69) is 5.32 Å². The maximum Gasteiger partial charge on any atom is 0.331 e. The molecule has 0 unspecified atom stereocenters. The van der Waals surface area contributed by atoms with E-state index in [-0.39, 0.29) is 16.5 Å². The minimum Gasteiger partial charge on any atom is -0.335 e. The molecule has 0 radical (unpaired) electrons. The minimum atomic E-state index is -3.83. The Morgan fingerprint density at radius 2 is 2.00 bits per heavy atom. The molecule has 5 nitrogen and oxygen atoms in total. The number of carbonyl (C=O) groups excluding carboxylic acids is 1. The topological polar surface area (TPSA) is 66.5 Å². The Hall–Kier alpha value is -1.27.